The van der Waals surface area contributed by atoms with Gasteiger partial charge in [0.15, 0.2) is 0 Å². The first-order chi connectivity index (χ1) is 15.2. The van der Waals surface area contributed by atoms with Gasteiger partial charge in [0.05, 0.1) is 12.1 Å². The molecule has 1 aromatic heterocycles. The quantitative estimate of drug-likeness (QED) is 0.649. The Kier molecular flexibility index (Phi) is 5.76. The topological polar surface area (TPSA) is 79.5 Å². The van der Waals surface area contributed by atoms with Crippen molar-refractivity contribution in [3.63, 3.8) is 0 Å². The van der Waals surface area contributed by atoms with Gasteiger partial charge in [-0.2, -0.15) is 5.10 Å². The van der Waals surface area contributed by atoms with Gasteiger partial charge in [-0.15, -0.1) is 0 Å². The monoisotopic (exact) mass is 420 g/mol. The Bertz CT molecular complexity index is 1070. The molecule has 0 saturated carbocycles. The van der Waals surface area contributed by atoms with Crippen LogP contribution in [0.1, 0.15) is 36.8 Å². The number of likely N-dealkylation sites (tertiary alicyclic amines) is 1. The van der Waals surface area contributed by atoms with Gasteiger partial charge in [0.1, 0.15) is 18.1 Å². The van der Waals surface area contributed by atoms with Crippen molar-refractivity contribution in [1.82, 2.24) is 20.4 Å². The number of alkyl carbamates (subject to hydrolysis) is 1. The summed E-state index contributed by atoms with van der Waals surface area (Å²) in [7, 11) is 0. The number of nitrogens with one attached hydrogen (secondary N) is 2. The SMILES string of the molecule is O=C1NCCCOc2ccc3[nH]nc(c3c2)-c2cc(cc(CN3CCCCC3)c2)CO1. The highest BCUT2D eigenvalue weighted by Gasteiger charge is 2.16. The second kappa shape index (κ2) is 8.98. The van der Waals surface area contributed by atoms with E-state index < -0.39 is 6.09 Å². The third-order valence-corrected chi connectivity index (χ3v) is 5.94. The third-order valence-electron chi connectivity index (χ3n) is 5.94. The zero-order valence-corrected chi connectivity index (χ0v) is 17.7. The largest absolute Gasteiger partial charge is 0.494 e. The Labute approximate surface area is 181 Å². The fourth-order valence-corrected chi connectivity index (χ4v) is 4.41. The molecule has 3 heterocycles. The highest BCUT2D eigenvalue weighted by molar-refractivity contribution is 5.94. The van der Waals surface area contributed by atoms with Crippen molar-refractivity contribution in [2.75, 3.05) is 26.2 Å². The number of carbonyl (C=O) groups excluding carboxylic acids is 1. The standard InChI is InChI=1S/C24H28N4O3/c29-24-25-7-4-10-30-20-5-6-22-21(14-20)23(27-26-22)19-12-17(11-18(13-19)16-31-24)15-28-8-2-1-3-9-28/h5-6,11-14H,1-4,7-10,15-16H2,(H,25,29)(H,26,27). The Balaban J connectivity index is 1.54. The van der Waals surface area contributed by atoms with E-state index in [0.717, 1.165) is 53.1 Å². The number of H-pyrrole nitrogens is 1. The van der Waals surface area contributed by atoms with Gasteiger partial charge < -0.3 is 14.8 Å². The number of aromatic nitrogens is 2. The van der Waals surface area contributed by atoms with E-state index in [1.807, 2.05) is 18.2 Å². The van der Waals surface area contributed by atoms with Crippen LogP contribution in [0, 0.1) is 0 Å². The molecule has 2 aliphatic heterocycles. The summed E-state index contributed by atoms with van der Waals surface area (Å²) in [6.07, 6.45) is 4.12. The number of carbonyl (C=O) groups is 1. The molecule has 162 valence electrons. The van der Waals surface area contributed by atoms with E-state index in [4.69, 9.17) is 9.47 Å². The summed E-state index contributed by atoms with van der Waals surface area (Å²) >= 11 is 0. The van der Waals surface area contributed by atoms with Crippen molar-refractivity contribution in [2.24, 2.45) is 0 Å². The minimum Gasteiger partial charge on any atom is -0.494 e. The molecule has 2 aliphatic rings. The maximum Gasteiger partial charge on any atom is 0.407 e. The molecule has 7 heteroatoms. The average Bonchev–Trinajstić information content (AvgIpc) is 3.21. The van der Waals surface area contributed by atoms with Crippen LogP contribution in [0.15, 0.2) is 36.4 Å². The molecule has 0 atom stereocenters. The first-order valence-electron chi connectivity index (χ1n) is 11.1. The van der Waals surface area contributed by atoms with E-state index in [9.17, 15) is 4.79 Å². The lowest BCUT2D eigenvalue weighted by Gasteiger charge is -2.26. The number of benzene rings is 2. The third kappa shape index (κ3) is 4.66. The molecule has 1 saturated heterocycles. The number of amides is 1. The summed E-state index contributed by atoms with van der Waals surface area (Å²) in [5, 5.41) is 11.6. The zero-order chi connectivity index (χ0) is 21.0. The van der Waals surface area contributed by atoms with Crippen LogP contribution in [0.5, 0.6) is 5.75 Å². The van der Waals surface area contributed by atoms with Crippen LogP contribution in [0.4, 0.5) is 4.79 Å². The van der Waals surface area contributed by atoms with E-state index in [-0.39, 0.29) is 6.61 Å². The van der Waals surface area contributed by atoms with E-state index in [1.165, 1.54) is 24.8 Å². The van der Waals surface area contributed by atoms with Crippen molar-refractivity contribution >= 4 is 17.0 Å². The fraction of sp³-hybridized carbons (Fsp3) is 0.417. The molecular formula is C24H28N4O3. The van der Waals surface area contributed by atoms with Crippen LogP contribution < -0.4 is 10.1 Å². The molecule has 0 spiro atoms. The molecule has 31 heavy (non-hydrogen) atoms. The van der Waals surface area contributed by atoms with Crippen LogP contribution in [0.2, 0.25) is 0 Å². The summed E-state index contributed by atoms with van der Waals surface area (Å²) in [5.74, 6) is 0.803. The van der Waals surface area contributed by atoms with Gasteiger partial charge >= 0.3 is 6.09 Å². The first kappa shape index (κ1) is 19.9. The van der Waals surface area contributed by atoms with Crippen LogP contribution in [-0.2, 0) is 17.9 Å². The number of hydrogen-bond donors (Lipinski definition) is 2. The van der Waals surface area contributed by atoms with E-state index in [1.54, 1.807) is 0 Å². The Morgan fingerprint density at radius 2 is 1.90 bits per heavy atom. The predicted molar refractivity (Wildman–Crippen MR) is 119 cm³/mol. The molecule has 0 radical (unpaired) electrons. The van der Waals surface area contributed by atoms with Gasteiger partial charge in [0.2, 0.25) is 0 Å². The van der Waals surface area contributed by atoms with Crippen LogP contribution >= 0.6 is 0 Å². The number of cyclic esters (lactones) is 1. The summed E-state index contributed by atoms with van der Waals surface area (Å²) in [6.45, 7) is 4.42. The number of hydrogen-bond acceptors (Lipinski definition) is 5. The molecule has 2 aromatic carbocycles. The van der Waals surface area contributed by atoms with Crippen molar-refractivity contribution in [1.29, 1.82) is 0 Å². The normalized spacial score (nSPS) is 18.0. The molecular weight excluding hydrogens is 392 g/mol. The Morgan fingerprint density at radius 1 is 1.00 bits per heavy atom. The average molecular weight is 421 g/mol. The number of aromatic amines is 1. The Hall–Kier alpha value is -3.06. The molecule has 2 N–H and O–H groups in total. The van der Waals surface area contributed by atoms with Gasteiger partial charge in [0, 0.05) is 24.0 Å². The van der Waals surface area contributed by atoms with Crippen molar-refractivity contribution in [3.05, 3.63) is 47.5 Å². The lowest BCUT2D eigenvalue weighted by Crippen LogP contribution is -2.29. The zero-order valence-electron chi connectivity index (χ0n) is 17.7. The number of rotatable bonds is 2. The molecule has 4 bridgehead atoms. The maximum atomic E-state index is 12.1. The molecule has 0 aliphatic carbocycles. The smallest absolute Gasteiger partial charge is 0.407 e. The Morgan fingerprint density at radius 3 is 2.81 bits per heavy atom. The fourth-order valence-electron chi connectivity index (χ4n) is 4.41. The highest BCUT2D eigenvalue weighted by atomic mass is 16.5. The summed E-state index contributed by atoms with van der Waals surface area (Å²) < 4.78 is 11.4. The minimum atomic E-state index is -0.402. The molecule has 5 rings (SSSR count). The highest BCUT2D eigenvalue weighted by Crippen LogP contribution is 2.31. The number of ether oxygens (including phenoxy) is 2. The molecule has 1 amide bonds. The maximum absolute atomic E-state index is 12.1. The molecule has 0 unspecified atom stereocenters. The van der Waals surface area contributed by atoms with Crippen LogP contribution in [0.3, 0.4) is 0 Å². The number of nitrogens with zero attached hydrogens (tertiary/aromatic N) is 2. The van der Waals surface area contributed by atoms with Crippen LogP contribution in [-0.4, -0.2) is 47.4 Å². The lowest BCUT2D eigenvalue weighted by molar-refractivity contribution is 0.139. The molecule has 1 fully saturated rings. The van der Waals surface area contributed by atoms with Gasteiger partial charge in [-0.3, -0.25) is 10.00 Å². The molecule has 7 nitrogen and oxygen atoms in total. The first-order valence-corrected chi connectivity index (χ1v) is 11.1. The second-order valence-corrected chi connectivity index (χ2v) is 8.36. The lowest BCUT2D eigenvalue weighted by atomic mass is 10.0. The van der Waals surface area contributed by atoms with E-state index in [0.29, 0.717) is 19.6 Å². The van der Waals surface area contributed by atoms with E-state index in [2.05, 4.69) is 38.6 Å². The van der Waals surface area contributed by atoms with Gasteiger partial charge in [0.25, 0.3) is 0 Å². The van der Waals surface area contributed by atoms with Crippen molar-refractivity contribution in [2.45, 2.75) is 38.8 Å². The van der Waals surface area contributed by atoms with Crippen molar-refractivity contribution < 1.29 is 14.3 Å². The van der Waals surface area contributed by atoms with Gasteiger partial charge in [-0.05, 0) is 73.8 Å². The van der Waals surface area contributed by atoms with Gasteiger partial charge in [-0.25, -0.2) is 4.79 Å². The van der Waals surface area contributed by atoms with Gasteiger partial charge in [-0.1, -0.05) is 12.5 Å². The summed E-state index contributed by atoms with van der Waals surface area (Å²) in [6, 6.07) is 12.4. The van der Waals surface area contributed by atoms with E-state index >= 15 is 0 Å². The van der Waals surface area contributed by atoms with Crippen molar-refractivity contribution in [3.8, 4) is 17.0 Å². The molecule has 3 aromatic rings. The summed E-state index contributed by atoms with van der Waals surface area (Å²) in [4.78, 5) is 14.6. The number of piperidine rings is 1. The summed E-state index contributed by atoms with van der Waals surface area (Å²) in [5.41, 5.74) is 5.07. The minimum absolute atomic E-state index is 0.233. The number of fused-ring (bicyclic) bond motifs is 4. The second-order valence-electron chi connectivity index (χ2n) is 8.36. The predicted octanol–water partition coefficient (Wildman–Crippen LogP) is 4.22. The van der Waals surface area contributed by atoms with Crippen LogP contribution in [0.25, 0.3) is 22.2 Å².